The third-order valence-corrected chi connectivity index (χ3v) is 2.44. The van der Waals surface area contributed by atoms with Crippen LogP contribution in [0.25, 0.3) is 0 Å². The summed E-state index contributed by atoms with van der Waals surface area (Å²) in [5.41, 5.74) is -0.443. The van der Waals surface area contributed by atoms with Gasteiger partial charge in [-0.2, -0.15) is 0 Å². The molecule has 0 amide bonds. The number of hydrogen-bond donors (Lipinski definition) is 1. The largest absolute Gasteiger partial charge is 0.458 e. The van der Waals surface area contributed by atoms with Crippen LogP contribution in [0.15, 0.2) is 0 Å². The summed E-state index contributed by atoms with van der Waals surface area (Å²) in [6, 6.07) is 0. The first-order chi connectivity index (χ1) is 9.02. The van der Waals surface area contributed by atoms with E-state index < -0.39 is 5.60 Å². The van der Waals surface area contributed by atoms with Crippen LogP contribution >= 0.6 is 0 Å². The molecule has 6 nitrogen and oxygen atoms in total. The second-order valence-corrected chi connectivity index (χ2v) is 4.59. The molecule has 0 aromatic carbocycles. The number of rotatable bonds is 12. The zero-order chi connectivity index (χ0) is 14.6. The molecule has 0 radical (unpaired) electrons. The minimum atomic E-state index is -0.443. The Bertz CT molecular complexity index is 229. The Morgan fingerprint density at radius 2 is 1.53 bits per heavy atom. The van der Waals surface area contributed by atoms with Crippen LogP contribution in [-0.4, -0.2) is 62.9 Å². The number of ether oxygens (including phenoxy) is 4. The molecule has 0 aromatic rings. The van der Waals surface area contributed by atoms with Crippen LogP contribution < -0.4 is 0 Å². The lowest BCUT2D eigenvalue weighted by atomic mass is 10.1. The normalized spacial score (nSPS) is 11.6. The first kappa shape index (κ1) is 18.3. The zero-order valence-corrected chi connectivity index (χ0v) is 12.1. The van der Waals surface area contributed by atoms with Crippen molar-refractivity contribution in [1.29, 1.82) is 0 Å². The van der Waals surface area contributed by atoms with E-state index in [2.05, 4.69) is 0 Å². The summed E-state index contributed by atoms with van der Waals surface area (Å²) < 4.78 is 20.5. The predicted molar refractivity (Wildman–Crippen MR) is 70.0 cm³/mol. The number of hydrogen-bond acceptors (Lipinski definition) is 6. The van der Waals surface area contributed by atoms with Crippen molar-refractivity contribution in [2.24, 2.45) is 0 Å². The lowest BCUT2D eigenvalue weighted by Crippen LogP contribution is -2.29. The number of aliphatic hydroxyl groups excluding tert-OH is 1. The number of carbonyl (C=O) groups is 1. The summed E-state index contributed by atoms with van der Waals surface area (Å²) >= 11 is 0. The maximum Gasteiger partial charge on any atom is 0.332 e. The van der Waals surface area contributed by atoms with Crippen LogP contribution in [0, 0.1) is 0 Å². The van der Waals surface area contributed by atoms with Crippen molar-refractivity contribution in [1.82, 2.24) is 0 Å². The Morgan fingerprint density at radius 3 is 2.05 bits per heavy atom. The minimum Gasteiger partial charge on any atom is -0.458 e. The molecule has 0 aromatic heterocycles. The van der Waals surface area contributed by atoms with Gasteiger partial charge in [0.15, 0.2) is 0 Å². The number of aliphatic hydroxyl groups is 1. The molecule has 0 aliphatic rings. The molecule has 0 saturated heterocycles. The molecule has 114 valence electrons. The van der Waals surface area contributed by atoms with E-state index in [9.17, 15) is 4.79 Å². The van der Waals surface area contributed by atoms with E-state index in [0.717, 1.165) is 6.42 Å². The molecule has 19 heavy (non-hydrogen) atoms. The van der Waals surface area contributed by atoms with Gasteiger partial charge in [0.05, 0.1) is 39.6 Å². The quantitative estimate of drug-likeness (QED) is 0.420. The fourth-order valence-corrected chi connectivity index (χ4v) is 1.07. The van der Waals surface area contributed by atoms with Crippen LogP contribution in [0.3, 0.4) is 0 Å². The van der Waals surface area contributed by atoms with Gasteiger partial charge in [-0.15, -0.1) is 0 Å². The van der Waals surface area contributed by atoms with Gasteiger partial charge in [-0.1, -0.05) is 6.92 Å². The Labute approximate surface area is 115 Å². The summed E-state index contributed by atoms with van der Waals surface area (Å²) in [6.45, 7) is 7.56. The van der Waals surface area contributed by atoms with Gasteiger partial charge < -0.3 is 24.1 Å². The SMILES string of the molecule is CCC(C)(C)OC(=O)COCCOCCOCCO. The van der Waals surface area contributed by atoms with Crippen molar-refractivity contribution in [3.05, 3.63) is 0 Å². The van der Waals surface area contributed by atoms with Gasteiger partial charge in [-0.05, 0) is 20.3 Å². The Hall–Kier alpha value is -0.690. The summed E-state index contributed by atoms with van der Waals surface area (Å²) in [5.74, 6) is -0.363. The summed E-state index contributed by atoms with van der Waals surface area (Å²) in [4.78, 5) is 11.4. The highest BCUT2D eigenvalue weighted by atomic mass is 16.6. The molecule has 0 heterocycles. The second kappa shape index (κ2) is 11.2. The van der Waals surface area contributed by atoms with Gasteiger partial charge in [-0.3, -0.25) is 0 Å². The van der Waals surface area contributed by atoms with Crippen LogP contribution in [0.2, 0.25) is 0 Å². The molecule has 0 unspecified atom stereocenters. The molecule has 1 N–H and O–H groups in total. The molecule has 0 atom stereocenters. The van der Waals surface area contributed by atoms with E-state index in [1.165, 1.54) is 0 Å². The Kier molecular flexibility index (Phi) is 10.8. The van der Waals surface area contributed by atoms with E-state index in [1.807, 2.05) is 20.8 Å². The molecular weight excluding hydrogens is 252 g/mol. The predicted octanol–water partition coefficient (Wildman–Crippen LogP) is 0.760. The molecule has 6 heteroatoms. The molecule has 0 aliphatic heterocycles. The second-order valence-electron chi connectivity index (χ2n) is 4.59. The van der Waals surface area contributed by atoms with E-state index in [4.69, 9.17) is 24.1 Å². The Balaban J connectivity index is 3.32. The van der Waals surface area contributed by atoms with Crippen molar-refractivity contribution in [3.63, 3.8) is 0 Å². The van der Waals surface area contributed by atoms with Crippen LogP contribution in [0.5, 0.6) is 0 Å². The van der Waals surface area contributed by atoms with Gasteiger partial charge in [-0.25, -0.2) is 4.79 Å². The van der Waals surface area contributed by atoms with Crippen molar-refractivity contribution in [2.75, 3.05) is 46.2 Å². The summed E-state index contributed by atoms with van der Waals surface area (Å²) in [5, 5.41) is 8.46. The molecular formula is C13H26O6. The number of carbonyl (C=O) groups excluding carboxylic acids is 1. The molecule has 0 spiro atoms. The van der Waals surface area contributed by atoms with Crippen LogP contribution in [0.1, 0.15) is 27.2 Å². The summed E-state index contributed by atoms with van der Waals surface area (Å²) in [7, 11) is 0. The van der Waals surface area contributed by atoms with Crippen molar-refractivity contribution in [2.45, 2.75) is 32.8 Å². The third-order valence-electron chi connectivity index (χ3n) is 2.44. The molecule has 0 rings (SSSR count). The lowest BCUT2D eigenvalue weighted by Gasteiger charge is -2.23. The summed E-state index contributed by atoms with van der Waals surface area (Å²) in [6.07, 6.45) is 0.760. The van der Waals surface area contributed by atoms with E-state index >= 15 is 0 Å². The van der Waals surface area contributed by atoms with Gasteiger partial charge in [0, 0.05) is 0 Å². The first-order valence-corrected chi connectivity index (χ1v) is 6.57. The fraction of sp³-hybridized carbons (Fsp3) is 0.923. The van der Waals surface area contributed by atoms with Crippen LogP contribution in [0.4, 0.5) is 0 Å². The molecule has 0 aliphatic carbocycles. The van der Waals surface area contributed by atoms with Gasteiger partial charge in [0.25, 0.3) is 0 Å². The van der Waals surface area contributed by atoms with Crippen LogP contribution in [-0.2, 0) is 23.7 Å². The highest BCUT2D eigenvalue weighted by molar-refractivity contribution is 5.71. The Morgan fingerprint density at radius 1 is 1.00 bits per heavy atom. The van der Waals surface area contributed by atoms with E-state index in [1.54, 1.807) is 0 Å². The molecule has 0 bridgehead atoms. The maximum atomic E-state index is 11.4. The average molecular weight is 278 g/mol. The standard InChI is InChI=1S/C13H26O6/c1-4-13(2,3)19-12(15)11-18-10-9-17-8-7-16-6-5-14/h14H,4-11H2,1-3H3. The van der Waals surface area contributed by atoms with Gasteiger partial charge in [0.2, 0.25) is 0 Å². The highest BCUT2D eigenvalue weighted by Crippen LogP contribution is 2.13. The van der Waals surface area contributed by atoms with E-state index in [-0.39, 0.29) is 19.2 Å². The number of esters is 1. The van der Waals surface area contributed by atoms with Crippen molar-refractivity contribution >= 4 is 5.97 Å². The van der Waals surface area contributed by atoms with Crippen molar-refractivity contribution < 1.29 is 28.8 Å². The first-order valence-electron chi connectivity index (χ1n) is 6.57. The minimum absolute atomic E-state index is 0.0132. The van der Waals surface area contributed by atoms with Gasteiger partial charge in [0.1, 0.15) is 12.2 Å². The molecule has 0 fully saturated rings. The van der Waals surface area contributed by atoms with Crippen molar-refractivity contribution in [3.8, 4) is 0 Å². The van der Waals surface area contributed by atoms with Gasteiger partial charge >= 0.3 is 5.97 Å². The fourth-order valence-electron chi connectivity index (χ4n) is 1.07. The highest BCUT2D eigenvalue weighted by Gasteiger charge is 2.19. The maximum absolute atomic E-state index is 11.4. The smallest absolute Gasteiger partial charge is 0.332 e. The molecule has 0 saturated carbocycles. The van der Waals surface area contributed by atoms with E-state index in [0.29, 0.717) is 33.0 Å². The third kappa shape index (κ3) is 12.1. The topological polar surface area (TPSA) is 74.2 Å². The zero-order valence-electron chi connectivity index (χ0n) is 12.1. The average Bonchev–Trinajstić information content (AvgIpc) is 2.36. The monoisotopic (exact) mass is 278 g/mol. The lowest BCUT2D eigenvalue weighted by molar-refractivity contribution is -0.162.